The zero-order valence-electron chi connectivity index (χ0n) is 9.94. The number of hydrogen-bond acceptors (Lipinski definition) is 0. The summed E-state index contributed by atoms with van der Waals surface area (Å²) in [5, 5.41) is 0. The highest BCUT2D eigenvalue weighted by atomic mass is 14.0. The van der Waals surface area contributed by atoms with Crippen molar-refractivity contribution < 1.29 is 0 Å². The van der Waals surface area contributed by atoms with Gasteiger partial charge in [0.15, 0.2) is 0 Å². The fraction of sp³-hybridized carbons (Fsp3) is 0.667. The molecule has 0 fully saturated rings. The van der Waals surface area contributed by atoms with Gasteiger partial charge in [0, 0.05) is 0 Å². The first-order valence-electron chi connectivity index (χ1n) is 4.96. The molecule has 0 heterocycles. The van der Waals surface area contributed by atoms with Crippen LogP contribution in [0.3, 0.4) is 0 Å². The molecule has 0 amide bonds. The van der Waals surface area contributed by atoms with Crippen LogP contribution in [0.4, 0.5) is 0 Å². The summed E-state index contributed by atoms with van der Waals surface area (Å²) in [5.41, 5.74) is 1.23. The summed E-state index contributed by atoms with van der Waals surface area (Å²) in [7, 11) is 0. The van der Waals surface area contributed by atoms with Crippen molar-refractivity contribution in [2.75, 3.05) is 0 Å². The van der Waals surface area contributed by atoms with E-state index in [-0.39, 0.29) is 0 Å². The second-order valence-corrected chi connectivity index (χ2v) is 2.16. The van der Waals surface area contributed by atoms with E-state index in [4.69, 9.17) is 0 Å². The van der Waals surface area contributed by atoms with Gasteiger partial charge in [0.05, 0.1) is 0 Å². The molecule has 0 aromatic heterocycles. The number of rotatable bonds is 2. The largest absolute Gasteiger partial charge is 0.0996 e. The summed E-state index contributed by atoms with van der Waals surface area (Å²) in [5.74, 6) is 0.542. The first-order chi connectivity index (χ1) is 5.68. The SMILES string of the molecule is C=C(C)C(C)/C=C\C.CC.CC. The van der Waals surface area contributed by atoms with E-state index in [1.165, 1.54) is 5.57 Å². The van der Waals surface area contributed by atoms with E-state index < -0.39 is 0 Å². The highest BCUT2D eigenvalue weighted by Crippen LogP contribution is 2.06. The molecule has 0 aromatic rings. The molecule has 1 atom stereocenters. The fourth-order valence-corrected chi connectivity index (χ4v) is 0.453. The summed E-state index contributed by atoms with van der Waals surface area (Å²) in [4.78, 5) is 0. The van der Waals surface area contributed by atoms with Gasteiger partial charge >= 0.3 is 0 Å². The van der Waals surface area contributed by atoms with Gasteiger partial charge in [0.2, 0.25) is 0 Å². The zero-order chi connectivity index (χ0) is 10.6. The van der Waals surface area contributed by atoms with Crippen molar-refractivity contribution in [3.8, 4) is 0 Å². The summed E-state index contributed by atoms with van der Waals surface area (Å²) in [6.07, 6.45) is 4.20. The van der Waals surface area contributed by atoms with Crippen molar-refractivity contribution in [3.63, 3.8) is 0 Å². The van der Waals surface area contributed by atoms with E-state index >= 15 is 0 Å². The molecule has 0 aliphatic rings. The predicted molar refractivity (Wildman–Crippen MR) is 61.5 cm³/mol. The maximum atomic E-state index is 3.82. The van der Waals surface area contributed by atoms with Crippen LogP contribution in [0, 0.1) is 5.92 Å². The Kier molecular flexibility index (Phi) is 24.6. The lowest BCUT2D eigenvalue weighted by molar-refractivity contribution is 0.866. The third kappa shape index (κ3) is 16.2. The van der Waals surface area contributed by atoms with Crippen LogP contribution in [0.5, 0.6) is 0 Å². The van der Waals surface area contributed by atoms with E-state index in [0.717, 1.165) is 0 Å². The van der Waals surface area contributed by atoms with Crippen LogP contribution in [0.1, 0.15) is 48.5 Å². The van der Waals surface area contributed by atoms with Crippen molar-refractivity contribution >= 4 is 0 Å². The lowest BCUT2D eigenvalue weighted by Gasteiger charge is -2.01. The van der Waals surface area contributed by atoms with Crippen molar-refractivity contribution in [1.82, 2.24) is 0 Å². The molecular weight excluding hydrogens is 144 g/mol. The zero-order valence-corrected chi connectivity index (χ0v) is 9.94. The number of allylic oxidation sites excluding steroid dienone is 3. The average Bonchev–Trinajstić information content (AvgIpc) is 2.12. The molecule has 74 valence electrons. The first kappa shape index (κ1) is 17.5. The van der Waals surface area contributed by atoms with Gasteiger partial charge in [-0.2, -0.15) is 0 Å². The quantitative estimate of drug-likeness (QED) is 0.521. The van der Waals surface area contributed by atoms with Gasteiger partial charge in [-0.15, -0.1) is 0 Å². The smallest absolute Gasteiger partial charge is 0.00572 e. The van der Waals surface area contributed by atoms with Crippen molar-refractivity contribution in [3.05, 3.63) is 24.3 Å². The molecule has 0 nitrogen and oxygen atoms in total. The molecule has 1 unspecified atom stereocenters. The summed E-state index contributed by atoms with van der Waals surface area (Å²) < 4.78 is 0. The van der Waals surface area contributed by atoms with Crippen LogP contribution >= 0.6 is 0 Å². The molecule has 0 aromatic carbocycles. The highest BCUT2D eigenvalue weighted by molar-refractivity contribution is 5.03. The van der Waals surface area contributed by atoms with E-state index in [1.54, 1.807) is 0 Å². The van der Waals surface area contributed by atoms with E-state index in [9.17, 15) is 0 Å². The predicted octanol–water partition coefficient (Wildman–Crippen LogP) is 4.83. The van der Waals surface area contributed by atoms with Crippen LogP contribution in [-0.4, -0.2) is 0 Å². The Balaban J connectivity index is -0.000000175. The maximum Gasteiger partial charge on any atom is -0.00572 e. The van der Waals surface area contributed by atoms with Gasteiger partial charge in [-0.05, 0) is 19.8 Å². The molecule has 0 N–H and O–H groups in total. The molecule has 0 spiro atoms. The Labute approximate surface area is 79.4 Å². The molecule has 0 saturated heterocycles. The van der Waals surface area contributed by atoms with Gasteiger partial charge in [-0.3, -0.25) is 0 Å². The Bertz CT molecular complexity index is 98.6. The van der Waals surface area contributed by atoms with E-state index in [1.807, 2.05) is 41.5 Å². The molecule has 12 heavy (non-hydrogen) atoms. The normalized spacial score (nSPS) is 10.6. The van der Waals surface area contributed by atoms with E-state index in [2.05, 4.69) is 25.7 Å². The molecule has 0 aliphatic heterocycles. The van der Waals surface area contributed by atoms with Crippen LogP contribution in [0.25, 0.3) is 0 Å². The Morgan fingerprint density at radius 1 is 1.17 bits per heavy atom. The number of hydrogen-bond donors (Lipinski definition) is 0. The topological polar surface area (TPSA) is 0 Å². The second-order valence-electron chi connectivity index (χ2n) is 2.16. The molecule has 0 saturated carbocycles. The Hall–Kier alpha value is -0.520. The lowest BCUT2D eigenvalue weighted by atomic mass is 10.0. The van der Waals surface area contributed by atoms with Gasteiger partial charge in [-0.25, -0.2) is 0 Å². The molecule has 0 radical (unpaired) electrons. The standard InChI is InChI=1S/C8H14.2C2H6/c1-5-6-8(4)7(2)3;2*1-2/h5-6,8H,2H2,1,3-4H3;2*1-2H3/b6-5-;;. The third-order valence-electron chi connectivity index (χ3n) is 1.26. The lowest BCUT2D eigenvalue weighted by Crippen LogP contribution is -1.87. The Morgan fingerprint density at radius 3 is 1.58 bits per heavy atom. The summed E-state index contributed by atoms with van der Waals surface area (Å²) >= 11 is 0. The van der Waals surface area contributed by atoms with Crippen molar-refractivity contribution in [2.45, 2.75) is 48.5 Å². The minimum atomic E-state index is 0.542. The van der Waals surface area contributed by atoms with Gasteiger partial charge in [0.25, 0.3) is 0 Å². The fourth-order valence-electron chi connectivity index (χ4n) is 0.453. The molecule has 0 heteroatoms. The average molecular weight is 170 g/mol. The van der Waals surface area contributed by atoms with Crippen molar-refractivity contribution in [1.29, 1.82) is 0 Å². The van der Waals surface area contributed by atoms with Crippen molar-refractivity contribution in [2.24, 2.45) is 5.92 Å². The first-order valence-corrected chi connectivity index (χ1v) is 4.96. The van der Waals surface area contributed by atoms with Crippen LogP contribution < -0.4 is 0 Å². The monoisotopic (exact) mass is 170 g/mol. The highest BCUT2D eigenvalue weighted by Gasteiger charge is 1.92. The Morgan fingerprint density at radius 2 is 1.50 bits per heavy atom. The maximum absolute atomic E-state index is 3.82. The molecule has 0 bridgehead atoms. The van der Waals surface area contributed by atoms with Crippen LogP contribution in [0.15, 0.2) is 24.3 Å². The van der Waals surface area contributed by atoms with Crippen LogP contribution in [-0.2, 0) is 0 Å². The summed E-state index contributed by atoms with van der Waals surface area (Å²) in [6, 6.07) is 0. The van der Waals surface area contributed by atoms with Gasteiger partial charge < -0.3 is 0 Å². The van der Waals surface area contributed by atoms with Crippen LogP contribution in [0.2, 0.25) is 0 Å². The van der Waals surface area contributed by atoms with Gasteiger partial charge in [-0.1, -0.05) is 58.9 Å². The molecule has 0 rings (SSSR count). The van der Waals surface area contributed by atoms with E-state index in [0.29, 0.717) is 5.92 Å². The minimum absolute atomic E-state index is 0.542. The molecular formula is C12H26. The second kappa shape index (κ2) is 16.8. The summed E-state index contributed by atoms with van der Waals surface area (Å²) in [6.45, 7) is 18.0. The third-order valence-corrected chi connectivity index (χ3v) is 1.26. The van der Waals surface area contributed by atoms with Gasteiger partial charge in [0.1, 0.15) is 0 Å². The minimum Gasteiger partial charge on any atom is -0.0996 e. The molecule has 0 aliphatic carbocycles.